The molecule has 0 heterocycles. The predicted molar refractivity (Wildman–Crippen MR) is 91.5 cm³/mol. The fourth-order valence-corrected chi connectivity index (χ4v) is 4.01. The lowest BCUT2D eigenvalue weighted by atomic mass is 9.89. The summed E-state index contributed by atoms with van der Waals surface area (Å²) in [5.41, 5.74) is 3.75. The molecule has 1 aromatic rings. The molecule has 22 heavy (non-hydrogen) atoms. The molecule has 1 unspecified atom stereocenters. The smallest absolute Gasteiger partial charge is 0.179 e. The van der Waals surface area contributed by atoms with Crippen molar-refractivity contribution in [1.82, 2.24) is 5.32 Å². The SMILES string of the molecule is CC(NC1CCCCCC1)C(=O)c1ccc2c(c1)CCCC2. The van der Waals surface area contributed by atoms with Crippen LogP contribution in [-0.2, 0) is 12.8 Å². The first kappa shape index (κ1) is 15.7. The first-order valence-corrected chi connectivity index (χ1v) is 9.16. The third kappa shape index (κ3) is 3.78. The van der Waals surface area contributed by atoms with Gasteiger partial charge in [0.05, 0.1) is 6.04 Å². The first-order valence-electron chi connectivity index (χ1n) is 9.16. The fraction of sp³-hybridized carbons (Fsp3) is 0.650. The number of rotatable bonds is 4. The molecule has 0 amide bonds. The number of aryl methyl sites for hydroxylation is 2. The Bertz CT molecular complexity index is 514. The topological polar surface area (TPSA) is 29.1 Å². The largest absolute Gasteiger partial charge is 0.305 e. The Hall–Kier alpha value is -1.15. The Morgan fingerprint density at radius 3 is 2.41 bits per heavy atom. The second-order valence-corrected chi connectivity index (χ2v) is 7.13. The van der Waals surface area contributed by atoms with Crippen molar-refractivity contribution in [2.45, 2.75) is 83.2 Å². The van der Waals surface area contributed by atoms with Crippen molar-refractivity contribution in [2.24, 2.45) is 0 Å². The van der Waals surface area contributed by atoms with Crippen LogP contribution < -0.4 is 5.32 Å². The Morgan fingerprint density at radius 2 is 1.68 bits per heavy atom. The zero-order chi connectivity index (χ0) is 15.4. The Labute approximate surface area is 134 Å². The lowest BCUT2D eigenvalue weighted by Gasteiger charge is -2.22. The van der Waals surface area contributed by atoms with Crippen LogP contribution in [0.1, 0.15) is 79.8 Å². The van der Waals surface area contributed by atoms with Crippen molar-refractivity contribution in [2.75, 3.05) is 0 Å². The molecule has 0 spiro atoms. The number of benzene rings is 1. The van der Waals surface area contributed by atoms with Gasteiger partial charge < -0.3 is 5.32 Å². The minimum atomic E-state index is -0.0651. The number of hydrogen-bond acceptors (Lipinski definition) is 2. The number of fused-ring (bicyclic) bond motifs is 1. The van der Waals surface area contributed by atoms with Crippen molar-refractivity contribution in [3.8, 4) is 0 Å². The van der Waals surface area contributed by atoms with Crippen molar-refractivity contribution >= 4 is 5.78 Å². The van der Waals surface area contributed by atoms with E-state index >= 15 is 0 Å². The molecule has 2 aliphatic rings. The summed E-state index contributed by atoms with van der Waals surface area (Å²) in [6, 6.07) is 6.84. The Morgan fingerprint density at radius 1 is 1.00 bits per heavy atom. The van der Waals surface area contributed by atoms with Crippen LogP contribution in [0.2, 0.25) is 0 Å². The Kier molecular flexibility index (Phi) is 5.30. The van der Waals surface area contributed by atoms with E-state index in [1.165, 1.54) is 68.9 Å². The monoisotopic (exact) mass is 299 g/mol. The van der Waals surface area contributed by atoms with Crippen LogP contribution in [0.15, 0.2) is 18.2 Å². The van der Waals surface area contributed by atoms with Crippen LogP contribution in [-0.4, -0.2) is 17.9 Å². The van der Waals surface area contributed by atoms with E-state index in [4.69, 9.17) is 0 Å². The maximum atomic E-state index is 12.7. The predicted octanol–water partition coefficient (Wildman–Crippen LogP) is 4.45. The van der Waals surface area contributed by atoms with E-state index < -0.39 is 0 Å². The summed E-state index contributed by atoms with van der Waals surface area (Å²) >= 11 is 0. The molecule has 1 aromatic carbocycles. The lowest BCUT2D eigenvalue weighted by Crippen LogP contribution is -2.41. The summed E-state index contributed by atoms with van der Waals surface area (Å²) in [4.78, 5) is 12.7. The summed E-state index contributed by atoms with van der Waals surface area (Å²) in [6.07, 6.45) is 12.6. The quantitative estimate of drug-likeness (QED) is 0.657. The fourth-order valence-electron chi connectivity index (χ4n) is 4.01. The van der Waals surface area contributed by atoms with Gasteiger partial charge in [-0.15, -0.1) is 0 Å². The molecule has 1 atom stereocenters. The molecular weight excluding hydrogens is 270 g/mol. The lowest BCUT2D eigenvalue weighted by molar-refractivity contribution is 0.0942. The van der Waals surface area contributed by atoms with Gasteiger partial charge in [0.25, 0.3) is 0 Å². The Balaban J connectivity index is 1.64. The molecule has 1 saturated carbocycles. The van der Waals surface area contributed by atoms with Crippen LogP contribution >= 0.6 is 0 Å². The normalized spacial score (nSPS) is 21.0. The van der Waals surface area contributed by atoms with E-state index in [1.807, 2.05) is 13.0 Å². The molecule has 2 nitrogen and oxygen atoms in total. The summed E-state index contributed by atoms with van der Waals surface area (Å²) in [6.45, 7) is 2.03. The highest BCUT2D eigenvalue weighted by Gasteiger charge is 2.21. The minimum absolute atomic E-state index is 0.0651. The third-order valence-electron chi connectivity index (χ3n) is 5.37. The minimum Gasteiger partial charge on any atom is -0.305 e. The van der Waals surface area contributed by atoms with E-state index in [2.05, 4.69) is 17.4 Å². The standard InChI is InChI=1S/C20H29NO/c1-15(21-19-10-4-2-3-5-11-19)20(22)18-13-12-16-8-6-7-9-17(16)14-18/h12-15,19,21H,2-11H2,1H3. The summed E-state index contributed by atoms with van der Waals surface area (Å²) in [7, 11) is 0. The second kappa shape index (κ2) is 7.41. The number of hydrogen-bond donors (Lipinski definition) is 1. The molecule has 1 fully saturated rings. The summed E-state index contributed by atoms with van der Waals surface area (Å²) < 4.78 is 0. The van der Waals surface area contributed by atoms with Gasteiger partial charge in [-0.05, 0) is 62.6 Å². The van der Waals surface area contributed by atoms with Crippen LogP contribution in [0, 0.1) is 0 Å². The molecule has 3 rings (SSSR count). The van der Waals surface area contributed by atoms with Crippen LogP contribution in [0.5, 0.6) is 0 Å². The zero-order valence-corrected chi connectivity index (χ0v) is 13.9. The van der Waals surface area contributed by atoms with Gasteiger partial charge in [-0.3, -0.25) is 4.79 Å². The van der Waals surface area contributed by atoms with Gasteiger partial charge >= 0.3 is 0 Å². The van der Waals surface area contributed by atoms with E-state index in [9.17, 15) is 4.79 Å². The number of carbonyl (C=O) groups is 1. The maximum Gasteiger partial charge on any atom is 0.179 e. The van der Waals surface area contributed by atoms with Gasteiger partial charge in [-0.1, -0.05) is 37.8 Å². The molecule has 2 aliphatic carbocycles. The molecular formula is C20H29NO. The summed E-state index contributed by atoms with van der Waals surface area (Å²) in [5.74, 6) is 0.262. The van der Waals surface area contributed by atoms with Gasteiger partial charge in [-0.25, -0.2) is 0 Å². The van der Waals surface area contributed by atoms with Crippen LogP contribution in [0.25, 0.3) is 0 Å². The molecule has 1 N–H and O–H groups in total. The average Bonchev–Trinajstić information content (AvgIpc) is 2.82. The number of Topliss-reactive ketones (excluding diaryl/α,β-unsaturated/α-hetero) is 1. The van der Waals surface area contributed by atoms with Crippen molar-refractivity contribution < 1.29 is 4.79 Å². The molecule has 0 saturated heterocycles. The molecule has 2 heteroatoms. The highest BCUT2D eigenvalue weighted by molar-refractivity contribution is 6.00. The molecule has 0 bridgehead atoms. The zero-order valence-electron chi connectivity index (χ0n) is 13.9. The molecule has 0 radical (unpaired) electrons. The van der Waals surface area contributed by atoms with Gasteiger partial charge in [0.15, 0.2) is 5.78 Å². The molecule has 0 aliphatic heterocycles. The maximum absolute atomic E-state index is 12.7. The van der Waals surface area contributed by atoms with Gasteiger partial charge in [-0.2, -0.15) is 0 Å². The van der Waals surface area contributed by atoms with Crippen LogP contribution in [0.4, 0.5) is 0 Å². The molecule has 120 valence electrons. The van der Waals surface area contributed by atoms with Gasteiger partial charge in [0.2, 0.25) is 0 Å². The number of carbonyl (C=O) groups excluding carboxylic acids is 1. The van der Waals surface area contributed by atoms with Gasteiger partial charge in [0, 0.05) is 11.6 Å². The van der Waals surface area contributed by atoms with E-state index in [0.717, 1.165) is 12.0 Å². The van der Waals surface area contributed by atoms with E-state index in [-0.39, 0.29) is 11.8 Å². The highest BCUT2D eigenvalue weighted by Crippen LogP contribution is 2.23. The van der Waals surface area contributed by atoms with E-state index in [0.29, 0.717) is 6.04 Å². The van der Waals surface area contributed by atoms with Crippen molar-refractivity contribution in [1.29, 1.82) is 0 Å². The first-order chi connectivity index (χ1) is 10.7. The number of nitrogens with one attached hydrogen (secondary N) is 1. The van der Waals surface area contributed by atoms with Gasteiger partial charge in [0.1, 0.15) is 0 Å². The van der Waals surface area contributed by atoms with E-state index in [1.54, 1.807) is 0 Å². The molecule has 0 aromatic heterocycles. The average molecular weight is 299 g/mol. The highest BCUT2D eigenvalue weighted by atomic mass is 16.1. The van der Waals surface area contributed by atoms with Crippen LogP contribution in [0.3, 0.4) is 0 Å². The second-order valence-electron chi connectivity index (χ2n) is 7.13. The number of ketones is 1. The van der Waals surface area contributed by atoms with Crippen molar-refractivity contribution in [3.05, 3.63) is 34.9 Å². The summed E-state index contributed by atoms with van der Waals surface area (Å²) in [5, 5.41) is 3.59. The third-order valence-corrected chi connectivity index (χ3v) is 5.37. The van der Waals surface area contributed by atoms with Crippen molar-refractivity contribution in [3.63, 3.8) is 0 Å².